The summed E-state index contributed by atoms with van der Waals surface area (Å²) in [6.45, 7) is 0.468. The maximum absolute atomic E-state index is 7.74. The second kappa shape index (κ2) is 5.80. The molecule has 0 saturated carbocycles. The molecule has 0 radical (unpaired) electrons. The Hall–Kier alpha value is -1.84. The second-order valence-corrected chi connectivity index (χ2v) is 2.84. The van der Waals surface area contributed by atoms with E-state index < -0.39 is 6.52 Å². The van der Waals surface area contributed by atoms with Gasteiger partial charge in [-0.2, -0.15) is 0 Å². The minimum absolute atomic E-state index is 0.0102. The van der Waals surface area contributed by atoms with Gasteiger partial charge in [-0.05, 0) is 18.9 Å². The molecule has 0 amide bonds. The number of benzene rings is 1. The first-order valence-corrected chi connectivity index (χ1v) is 4.36. The molecule has 15 heavy (non-hydrogen) atoms. The van der Waals surface area contributed by atoms with Crippen LogP contribution in [0.25, 0.3) is 0 Å². The summed E-state index contributed by atoms with van der Waals surface area (Å²) in [6.07, 6.45) is 0.0102. The van der Waals surface area contributed by atoms with Gasteiger partial charge in [0.15, 0.2) is 5.96 Å². The molecule has 4 nitrogen and oxygen atoms in total. The molecule has 4 heteroatoms. The first kappa shape index (κ1) is 5.90. The van der Waals surface area contributed by atoms with Crippen LogP contribution in [0.3, 0.4) is 0 Å². The first-order valence-electron chi connectivity index (χ1n) is 6.94. The number of hydrogen-bond donors (Lipinski definition) is 3. The second-order valence-electron chi connectivity index (χ2n) is 2.84. The van der Waals surface area contributed by atoms with E-state index in [-0.39, 0.29) is 42.4 Å². The third kappa shape index (κ3) is 4.81. The molecule has 0 aliphatic heterocycles. The van der Waals surface area contributed by atoms with Crippen molar-refractivity contribution in [2.45, 2.75) is 13.3 Å². The van der Waals surface area contributed by atoms with Crippen molar-refractivity contribution in [2.24, 2.45) is 10.7 Å². The molecule has 4 N–H and O–H groups in total. The number of nitrogens with two attached hydrogens (primary N) is 1. The maximum atomic E-state index is 7.74. The minimum atomic E-state index is -1.01. The van der Waals surface area contributed by atoms with Gasteiger partial charge in [-0.25, -0.2) is 0 Å². The van der Waals surface area contributed by atoms with Gasteiger partial charge in [0.25, 0.3) is 0 Å². The Morgan fingerprint density at radius 2 is 2.47 bits per heavy atom. The van der Waals surface area contributed by atoms with Crippen molar-refractivity contribution in [1.29, 1.82) is 5.41 Å². The first-order chi connectivity index (χ1) is 9.22. The van der Waals surface area contributed by atoms with Crippen LogP contribution in [0.2, 0.25) is 0 Å². The molecule has 1 aromatic carbocycles. The number of amidine groups is 1. The summed E-state index contributed by atoms with van der Waals surface area (Å²) in [7, 11) is 0. The van der Waals surface area contributed by atoms with E-state index in [4.69, 9.17) is 18.0 Å². The van der Waals surface area contributed by atoms with Gasteiger partial charge in [0.05, 0.1) is 12.7 Å². The molecular weight excluding hydrogens is 188 g/mol. The summed E-state index contributed by atoms with van der Waals surface area (Å²) in [5, 5.41) is 9.62. The van der Waals surface area contributed by atoms with Gasteiger partial charge in [0, 0.05) is 6.52 Å². The molecule has 0 saturated heterocycles. The number of nitrogens with one attached hydrogen (secondary N) is 2. The van der Waals surface area contributed by atoms with Crippen LogP contribution in [0, 0.1) is 5.41 Å². The summed E-state index contributed by atoms with van der Waals surface area (Å²) >= 11 is 0. The Bertz CT molecular complexity index is 558. The maximum Gasteiger partial charge on any atom is 0.194 e. The van der Waals surface area contributed by atoms with E-state index in [0.717, 1.165) is 0 Å². The Labute approximate surface area is 96.8 Å². The zero-order valence-electron chi connectivity index (χ0n) is 13.4. The van der Waals surface area contributed by atoms with Crippen molar-refractivity contribution >= 4 is 11.8 Å². The van der Waals surface area contributed by atoms with Crippen molar-refractivity contribution in [3.8, 4) is 0 Å². The molecular formula is C11H16N4. The molecule has 1 unspecified atom stereocenters. The molecule has 1 rings (SSSR count). The SMILES string of the molecule is [2H]c1cc(CC([2H])N=C(N)NC(C)=N)c([2H])c([2H])c1[2H]. The van der Waals surface area contributed by atoms with Crippen molar-refractivity contribution in [1.82, 2.24) is 5.32 Å². The van der Waals surface area contributed by atoms with E-state index in [1.807, 2.05) is 0 Å². The molecule has 0 aliphatic carbocycles. The quantitative estimate of drug-likeness (QED) is 0.515. The molecule has 0 bridgehead atoms. The van der Waals surface area contributed by atoms with Crippen LogP contribution in [0.15, 0.2) is 35.2 Å². The largest absolute Gasteiger partial charge is 0.370 e. The van der Waals surface area contributed by atoms with Crippen molar-refractivity contribution in [3.05, 3.63) is 35.8 Å². The fourth-order valence-electron chi connectivity index (χ4n) is 0.884. The molecule has 1 aromatic rings. The van der Waals surface area contributed by atoms with Gasteiger partial charge >= 0.3 is 0 Å². The van der Waals surface area contributed by atoms with Gasteiger partial charge in [0.1, 0.15) is 0 Å². The van der Waals surface area contributed by atoms with Crippen LogP contribution in [-0.4, -0.2) is 18.3 Å². The minimum Gasteiger partial charge on any atom is -0.370 e. The Kier molecular flexibility index (Phi) is 2.28. The Morgan fingerprint density at radius 1 is 1.67 bits per heavy atom. The van der Waals surface area contributed by atoms with Crippen LogP contribution in [0.1, 0.15) is 19.3 Å². The third-order valence-corrected chi connectivity index (χ3v) is 1.46. The predicted octanol–water partition coefficient (Wildman–Crippen LogP) is 1.13. The highest BCUT2D eigenvalue weighted by molar-refractivity contribution is 5.96. The van der Waals surface area contributed by atoms with Gasteiger partial charge < -0.3 is 11.1 Å². The highest BCUT2D eigenvalue weighted by atomic mass is 15.1. The van der Waals surface area contributed by atoms with Gasteiger partial charge in [-0.3, -0.25) is 10.4 Å². The molecule has 0 fully saturated rings. The lowest BCUT2D eigenvalue weighted by Crippen LogP contribution is -2.35. The van der Waals surface area contributed by atoms with E-state index in [9.17, 15) is 0 Å². The number of aliphatic imine (C=N–C) groups is 1. The Balaban J connectivity index is 2.91. The van der Waals surface area contributed by atoms with Crippen molar-refractivity contribution in [3.63, 3.8) is 0 Å². The van der Waals surface area contributed by atoms with E-state index >= 15 is 0 Å². The lowest BCUT2D eigenvalue weighted by atomic mass is 10.2. The average molecular weight is 209 g/mol. The summed E-state index contributed by atoms with van der Waals surface area (Å²) in [5.74, 6) is 0.0263. The Morgan fingerprint density at radius 3 is 3.20 bits per heavy atom. The lowest BCUT2D eigenvalue weighted by Gasteiger charge is -2.02. The lowest BCUT2D eigenvalue weighted by molar-refractivity contribution is 0.955. The summed E-state index contributed by atoms with van der Waals surface area (Å²) in [5.41, 5.74) is 5.78. The molecule has 80 valence electrons. The summed E-state index contributed by atoms with van der Waals surface area (Å²) < 4.78 is 38.0. The zero-order valence-corrected chi connectivity index (χ0v) is 8.39. The van der Waals surface area contributed by atoms with E-state index in [1.165, 1.54) is 13.0 Å². The molecule has 0 spiro atoms. The molecule has 0 aromatic heterocycles. The molecule has 1 atom stereocenters. The molecule has 0 aliphatic rings. The topological polar surface area (TPSA) is 74.3 Å². The van der Waals surface area contributed by atoms with Crippen LogP contribution in [0.5, 0.6) is 0 Å². The van der Waals surface area contributed by atoms with Crippen LogP contribution < -0.4 is 11.1 Å². The van der Waals surface area contributed by atoms with Gasteiger partial charge in [-0.1, -0.05) is 30.2 Å². The predicted molar refractivity (Wildman–Crippen MR) is 63.2 cm³/mol. The number of nitrogens with zero attached hydrogens (tertiary/aromatic N) is 1. The smallest absolute Gasteiger partial charge is 0.194 e. The van der Waals surface area contributed by atoms with Crippen molar-refractivity contribution < 1.29 is 6.85 Å². The fourth-order valence-corrected chi connectivity index (χ4v) is 0.884. The average Bonchev–Trinajstić information content (AvgIpc) is 2.32. The van der Waals surface area contributed by atoms with Gasteiger partial charge in [-0.15, -0.1) is 0 Å². The van der Waals surface area contributed by atoms with E-state index in [1.54, 1.807) is 0 Å². The van der Waals surface area contributed by atoms with Crippen LogP contribution in [-0.2, 0) is 6.42 Å². The standard InChI is InChI=1S/C11H16N4/c1-9(12)15-11(13)14-8-7-10-5-3-2-4-6-10/h2-6H,7-8H2,1H3,(H4,12,13,14,15)/i2D,3D,4D,5D,8D. The van der Waals surface area contributed by atoms with E-state index in [0.29, 0.717) is 5.56 Å². The summed E-state index contributed by atoms with van der Waals surface area (Å²) in [6, 6.07) is 0.340. The molecule has 0 heterocycles. The van der Waals surface area contributed by atoms with Crippen molar-refractivity contribution in [2.75, 3.05) is 6.52 Å². The zero-order chi connectivity index (χ0) is 15.4. The fraction of sp³-hybridized carbons (Fsp3) is 0.273. The summed E-state index contributed by atoms with van der Waals surface area (Å²) in [4.78, 5) is 3.79. The third-order valence-electron chi connectivity index (χ3n) is 1.46. The number of rotatable bonds is 3. The van der Waals surface area contributed by atoms with E-state index in [2.05, 4.69) is 10.3 Å². The number of guanidine groups is 1. The number of hydrogen-bond acceptors (Lipinski definition) is 2. The monoisotopic (exact) mass is 209 g/mol. The highest BCUT2D eigenvalue weighted by Crippen LogP contribution is 1.98. The highest BCUT2D eigenvalue weighted by Gasteiger charge is 1.92. The van der Waals surface area contributed by atoms with Gasteiger partial charge in [0.2, 0.25) is 0 Å². The normalized spacial score (nSPS) is 17.9. The van der Waals surface area contributed by atoms with Crippen LogP contribution in [0.4, 0.5) is 0 Å². The number of aryl methyl sites for hydroxylation is 1. The van der Waals surface area contributed by atoms with Crippen LogP contribution >= 0.6 is 0 Å².